The highest BCUT2D eigenvalue weighted by atomic mass is 19.1. The van der Waals surface area contributed by atoms with Crippen LogP contribution in [0.4, 0.5) is 8.78 Å². The number of methoxy groups -OCH3 is 1. The van der Waals surface area contributed by atoms with Crippen LogP contribution < -0.4 is 14.8 Å². The summed E-state index contributed by atoms with van der Waals surface area (Å²) in [6, 6.07) is 9.77. The number of carbonyl (C=O) groups excluding carboxylic acids is 2. The summed E-state index contributed by atoms with van der Waals surface area (Å²) in [5.74, 6) is -2.93. The number of hydrogen-bond donors (Lipinski definition) is 3. The maximum atomic E-state index is 14.6. The first-order valence-electron chi connectivity index (χ1n) is 12.0. The van der Waals surface area contributed by atoms with Crippen molar-refractivity contribution in [1.82, 2.24) is 14.8 Å². The number of benzene rings is 2. The number of nitrogens with zero attached hydrogens (tertiary/aromatic N) is 2. The van der Waals surface area contributed by atoms with E-state index in [0.29, 0.717) is 18.7 Å². The second kappa shape index (κ2) is 10.9. The Morgan fingerprint density at radius 3 is 2.58 bits per heavy atom. The van der Waals surface area contributed by atoms with Gasteiger partial charge in [0.05, 0.1) is 7.11 Å². The van der Waals surface area contributed by atoms with Gasteiger partial charge in [-0.25, -0.2) is 4.39 Å². The van der Waals surface area contributed by atoms with Gasteiger partial charge in [0.1, 0.15) is 35.2 Å². The zero-order valence-corrected chi connectivity index (χ0v) is 21.2. The van der Waals surface area contributed by atoms with E-state index < -0.39 is 29.6 Å². The third kappa shape index (κ3) is 5.04. The molecule has 200 valence electrons. The molecule has 1 aliphatic heterocycles. The van der Waals surface area contributed by atoms with E-state index in [2.05, 4.69) is 5.32 Å². The summed E-state index contributed by atoms with van der Waals surface area (Å²) in [6.07, 6.45) is 0. The molecule has 38 heavy (non-hydrogen) atoms. The molecule has 0 saturated carbocycles. The number of aromatic hydroxyl groups is 1. The lowest BCUT2D eigenvalue weighted by molar-refractivity contribution is 0.0682. The minimum Gasteiger partial charge on any atom is -0.508 e. The Kier molecular flexibility index (Phi) is 7.65. The molecule has 0 bridgehead atoms. The van der Waals surface area contributed by atoms with Crippen molar-refractivity contribution in [3.63, 3.8) is 0 Å². The monoisotopic (exact) mass is 526 g/mol. The SMILES string of the molecule is CCN1CC(C)n2c(c(OC)c(C(=O)NCc3ccc(F)cc3OCc3ccc(O)cc3)c2C(=N)F)C1=O. The molecule has 2 heterocycles. The number of fused-ring (bicyclic) bond motifs is 1. The lowest BCUT2D eigenvalue weighted by Gasteiger charge is -2.33. The van der Waals surface area contributed by atoms with Gasteiger partial charge in [0, 0.05) is 37.3 Å². The molecule has 0 spiro atoms. The lowest BCUT2D eigenvalue weighted by atomic mass is 10.1. The number of hydrogen-bond acceptors (Lipinski definition) is 6. The number of halogens is 2. The second-order valence-electron chi connectivity index (χ2n) is 8.87. The van der Waals surface area contributed by atoms with E-state index in [0.717, 1.165) is 5.56 Å². The van der Waals surface area contributed by atoms with E-state index in [1.165, 1.54) is 42.0 Å². The van der Waals surface area contributed by atoms with E-state index in [1.807, 2.05) is 6.92 Å². The molecule has 0 aliphatic carbocycles. The highest BCUT2D eigenvalue weighted by Crippen LogP contribution is 2.38. The van der Waals surface area contributed by atoms with Crippen molar-refractivity contribution >= 4 is 17.8 Å². The van der Waals surface area contributed by atoms with Crippen molar-refractivity contribution in [2.24, 2.45) is 0 Å². The van der Waals surface area contributed by atoms with Crippen molar-refractivity contribution in [2.45, 2.75) is 33.0 Å². The quantitative estimate of drug-likeness (QED) is 0.362. The van der Waals surface area contributed by atoms with E-state index in [-0.39, 0.29) is 47.4 Å². The topological polar surface area (TPSA) is 117 Å². The molecular formula is C27H28F2N4O5. The van der Waals surface area contributed by atoms with Gasteiger partial charge in [0.25, 0.3) is 11.8 Å². The van der Waals surface area contributed by atoms with Crippen LogP contribution in [0.3, 0.4) is 0 Å². The van der Waals surface area contributed by atoms with Gasteiger partial charge in [0.15, 0.2) is 11.4 Å². The van der Waals surface area contributed by atoms with Gasteiger partial charge in [-0.3, -0.25) is 15.0 Å². The number of phenolic OH excluding ortho intramolecular Hbond substituents is 1. The molecular weight excluding hydrogens is 498 g/mol. The van der Waals surface area contributed by atoms with E-state index >= 15 is 0 Å². The van der Waals surface area contributed by atoms with Crippen molar-refractivity contribution in [2.75, 3.05) is 20.2 Å². The Bertz CT molecular complexity index is 1390. The number of nitrogens with one attached hydrogen (secondary N) is 2. The van der Waals surface area contributed by atoms with Crippen LogP contribution in [0.15, 0.2) is 42.5 Å². The Balaban J connectivity index is 1.62. The third-order valence-corrected chi connectivity index (χ3v) is 6.40. The van der Waals surface area contributed by atoms with Gasteiger partial charge in [-0.1, -0.05) is 18.2 Å². The average molecular weight is 527 g/mol. The van der Waals surface area contributed by atoms with Crippen molar-refractivity contribution < 1.29 is 33.0 Å². The van der Waals surface area contributed by atoms with E-state index in [9.17, 15) is 23.5 Å². The zero-order valence-electron chi connectivity index (χ0n) is 21.2. The summed E-state index contributed by atoms with van der Waals surface area (Å²) in [5.41, 5.74) is 0.586. The Hall–Kier alpha value is -4.41. The number of phenols is 1. The average Bonchev–Trinajstić information content (AvgIpc) is 3.26. The second-order valence-corrected chi connectivity index (χ2v) is 8.87. The largest absolute Gasteiger partial charge is 0.508 e. The van der Waals surface area contributed by atoms with Gasteiger partial charge < -0.3 is 29.4 Å². The molecule has 0 saturated heterocycles. The van der Waals surface area contributed by atoms with Gasteiger partial charge in [-0.2, -0.15) is 4.39 Å². The van der Waals surface area contributed by atoms with Gasteiger partial charge in [0.2, 0.25) is 5.97 Å². The summed E-state index contributed by atoms with van der Waals surface area (Å²) >= 11 is 0. The maximum absolute atomic E-state index is 14.6. The predicted molar refractivity (Wildman–Crippen MR) is 135 cm³/mol. The minimum atomic E-state index is -1.37. The molecule has 1 unspecified atom stereocenters. The van der Waals surface area contributed by atoms with Crippen LogP contribution in [0.25, 0.3) is 0 Å². The summed E-state index contributed by atoms with van der Waals surface area (Å²) < 4.78 is 41.0. The number of ether oxygens (including phenoxy) is 2. The molecule has 3 N–H and O–H groups in total. The van der Waals surface area contributed by atoms with E-state index in [1.54, 1.807) is 24.0 Å². The molecule has 3 aromatic rings. The molecule has 0 radical (unpaired) electrons. The lowest BCUT2D eigenvalue weighted by Crippen LogP contribution is -2.42. The molecule has 2 amide bonds. The molecule has 4 rings (SSSR count). The standard InChI is InChI=1S/C27H28F2N4O5/c1-4-32-13-15(2)33-22(25(29)30)21(24(37-3)23(33)27(32)36)26(35)31-12-17-7-8-18(28)11-20(17)38-14-16-5-9-19(34)10-6-16/h5-11,15,30,34H,4,12-14H2,1-3H3,(H,31,35). The number of likely N-dealkylation sites (N-methyl/N-ethyl adjacent to an activating group) is 1. The van der Waals surface area contributed by atoms with Gasteiger partial charge in [-0.05, 0) is 37.6 Å². The molecule has 11 heteroatoms. The van der Waals surface area contributed by atoms with Crippen molar-refractivity contribution in [3.05, 3.63) is 76.4 Å². The van der Waals surface area contributed by atoms with Crippen LogP contribution in [0.2, 0.25) is 0 Å². The van der Waals surface area contributed by atoms with Gasteiger partial charge in [-0.15, -0.1) is 0 Å². The number of carbonyl (C=O) groups is 2. The molecule has 1 aromatic heterocycles. The normalized spacial score (nSPS) is 14.7. The minimum absolute atomic E-state index is 0.00959. The molecule has 1 atom stereocenters. The molecule has 0 fully saturated rings. The van der Waals surface area contributed by atoms with Crippen LogP contribution in [0.1, 0.15) is 57.6 Å². The number of rotatable bonds is 9. The maximum Gasteiger partial charge on any atom is 0.274 e. The van der Waals surface area contributed by atoms with Crippen molar-refractivity contribution in [1.29, 1.82) is 5.41 Å². The fourth-order valence-electron chi connectivity index (χ4n) is 4.57. The number of aromatic nitrogens is 1. The highest BCUT2D eigenvalue weighted by molar-refractivity contribution is 6.12. The summed E-state index contributed by atoms with van der Waals surface area (Å²) in [4.78, 5) is 28.0. The van der Waals surface area contributed by atoms with Gasteiger partial charge >= 0.3 is 0 Å². The summed E-state index contributed by atoms with van der Waals surface area (Å²) in [7, 11) is 1.27. The first-order chi connectivity index (χ1) is 18.2. The molecule has 9 nitrogen and oxygen atoms in total. The van der Waals surface area contributed by atoms with Crippen LogP contribution in [-0.4, -0.2) is 52.6 Å². The highest BCUT2D eigenvalue weighted by Gasteiger charge is 2.40. The zero-order chi connectivity index (χ0) is 27.6. The van der Waals surface area contributed by atoms with Crippen LogP contribution in [0, 0.1) is 11.2 Å². The fraction of sp³-hybridized carbons (Fsp3) is 0.296. The van der Waals surface area contributed by atoms with Crippen LogP contribution in [0.5, 0.6) is 17.2 Å². The first-order valence-corrected chi connectivity index (χ1v) is 12.0. The predicted octanol–water partition coefficient (Wildman–Crippen LogP) is 4.18. The first kappa shape index (κ1) is 26.6. The Morgan fingerprint density at radius 2 is 1.95 bits per heavy atom. The summed E-state index contributed by atoms with van der Waals surface area (Å²) in [5, 5.41) is 19.8. The van der Waals surface area contributed by atoms with Crippen LogP contribution in [-0.2, 0) is 13.2 Å². The van der Waals surface area contributed by atoms with Crippen molar-refractivity contribution in [3.8, 4) is 17.2 Å². The summed E-state index contributed by atoms with van der Waals surface area (Å²) in [6.45, 7) is 4.25. The number of amides is 2. The Labute approximate surface area is 218 Å². The van der Waals surface area contributed by atoms with Crippen LogP contribution >= 0.6 is 0 Å². The van der Waals surface area contributed by atoms with E-state index in [4.69, 9.17) is 14.9 Å². The third-order valence-electron chi connectivity index (χ3n) is 6.40. The smallest absolute Gasteiger partial charge is 0.274 e. The fourth-order valence-corrected chi connectivity index (χ4v) is 4.57. The Morgan fingerprint density at radius 1 is 1.24 bits per heavy atom. The molecule has 1 aliphatic rings. The molecule has 2 aromatic carbocycles.